The zero-order valence-corrected chi connectivity index (χ0v) is 11.4. The second kappa shape index (κ2) is 5.50. The molecular formula is C8H6BrF3INO2. The van der Waals surface area contributed by atoms with Gasteiger partial charge in [-0.2, -0.15) is 0 Å². The van der Waals surface area contributed by atoms with Gasteiger partial charge < -0.3 is 9.84 Å². The van der Waals surface area contributed by atoms with E-state index in [2.05, 4.69) is 25.7 Å². The van der Waals surface area contributed by atoms with E-state index in [-0.39, 0.29) is 9.26 Å². The minimum absolute atomic E-state index is 0.0302. The van der Waals surface area contributed by atoms with E-state index >= 15 is 0 Å². The van der Waals surface area contributed by atoms with Gasteiger partial charge in [0, 0.05) is 11.4 Å². The van der Waals surface area contributed by atoms with Crippen molar-refractivity contribution in [3.63, 3.8) is 0 Å². The van der Waals surface area contributed by atoms with Gasteiger partial charge in [-0.3, -0.25) is 0 Å². The number of ether oxygens (including phenoxy) is 1. The number of aliphatic hydroxyl groups is 1. The van der Waals surface area contributed by atoms with Crippen molar-refractivity contribution in [1.29, 1.82) is 0 Å². The van der Waals surface area contributed by atoms with Crippen molar-refractivity contribution < 1.29 is 23.0 Å². The highest BCUT2D eigenvalue weighted by atomic mass is 127. The molecule has 1 heterocycles. The third-order valence-corrected chi connectivity index (χ3v) is 3.07. The molecule has 0 saturated carbocycles. The summed E-state index contributed by atoms with van der Waals surface area (Å²) < 4.78 is 40.4. The normalized spacial score (nSPS) is 11.6. The smallest absolute Gasteiger partial charge is 0.405 e. The van der Waals surface area contributed by atoms with E-state index in [0.29, 0.717) is 11.0 Å². The van der Waals surface area contributed by atoms with Crippen LogP contribution in [0, 0.1) is 3.70 Å². The molecule has 1 aromatic rings. The molecule has 0 unspecified atom stereocenters. The Kier molecular flexibility index (Phi) is 4.80. The molecule has 0 saturated heterocycles. The van der Waals surface area contributed by atoms with Gasteiger partial charge in [-0.15, -0.1) is 13.2 Å². The van der Waals surface area contributed by atoms with Gasteiger partial charge in [-0.25, -0.2) is 4.98 Å². The van der Waals surface area contributed by atoms with Crippen LogP contribution in [0.25, 0.3) is 0 Å². The number of halogens is 5. The second-order valence-corrected chi connectivity index (χ2v) is 4.30. The zero-order valence-electron chi connectivity index (χ0n) is 7.68. The largest absolute Gasteiger partial charge is 0.573 e. The first-order valence-electron chi connectivity index (χ1n) is 3.98. The Morgan fingerprint density at radius 1 is 1.50 bits per heavy atom. The molecule has 0 aromatic carbocycles. The third-order valence-electron chi connectivity index (χ3n) is 1.61. The number of nitrogens with zero attached hydrogens (tertiary/aromatic N) is 1. The van der Waals surface area contributed by atoms with Gasteiger partial charge in [0.25, 0.3) is 0 Å². The molecule has 3 nitrogen and oxygen atoms in total. The lowest BCUT2D eigenvalue weighted by molar-refractivity contribution is -0.275. The summed E-state index contributed by atoms with van der Waals surface area (Å²) in [6, 6.07) is 1.15. The van der Waals surface area contributed by atoms with Crippen LogP contribution < -0.4 is 4.74 Å². The van der Waals surface area contributed by atoms with Crippen LogP contribution in [0.5, 0.6) is 5.75 Å². The van der Waals surface area contributed by atoms with Crippen LogP contribution in [-0.4, -0.2) is 16.5 Å². The SMILES string of the molecule is OCc1c(OC(F)(F)F)cc(CBr)nc1I. The predicted molar refractivity (Wildman–Crippen MR) is 62.2 cm³/mol. The van der Waals surface area contributed by atoms with Gasteiger partial charge in [-0.05, 0) is 22.6 Å². The maximum absolute atomic E-state index is 12.1. The molecule has 90 valence electrons. The van der Waals surface area contributed by atoms with E-state index in [1.54, 1.807) is 22.6 Å². The summed E-state index contributed by atoms with van der Waals surface area (Å²) in [6.45, 7) is -0.556. The van der Waals surface area contributed by atoms with Crippen LogP contribution in [0.2, 0.25) is 0 Å². The Morgan fingerprint density at radius 2 is 2.12 bits per heavy atom. The van der Waals surface area contributed by atoms with Gasteiger partial charge in [-0.1, -0.05) is 15.9 Å². The molecule has 1 rings (SSSR count). The molecule has 1 N–H and O–H groups in total. The van der Waals surface area contributed by atoms with Gasteiger partial charge in [0.05, 0.1) is 17.9 Å². The summed E-state index contributed by atoms with van der Waals surface area (Å²) in [5.74, 6) is -0.413. The van der Waals surface area contributed by atoms with Crippen LogP contribution in [0.1, 0.15) is 11.3 Å². The molecule has 0 spiro atoms. The molecule has 16 heavy (non-hydrogen) atoms. The van der Waals surface area contributed by atoms with Crippen molar-refractivity contribution in [3.05, 3.63) is 21.0 Å². The molecule has 0 aliphatic carbocycles. The number of hydrogen-bond acceptors (Lipinski definition) is 3. The summed E-state index contributed by atoms with van der Waals surface area (Å²) in [5.41, 5.74) is 0.434. The fraction of sp³-hybridized carbons (Fsp3) is 0.375. The van der Waals surface area contributed by atoms with E-state index in [0.717, 1.165) is 6.07 Å². The average Bonchev–Trinajstić information content (AvgIpc) is 2.14. The monoisotopic (exact) mass is 411 g/mol. The van der Waals surface area contributed by atoms with Gasteiger partial charge in [0.2, 0.25) is 0 Å². The summed E-state index contributed by atoms with van der Waals surface area (Å²) >= 11 is 4.83. The van der Waals surface area contributed by atoms with Crippen molar-refractivity contribution in [2.75, 3.05) is 0 Å². The highest BCUT2D eigenvalue weighted by Crippen LogP contribution is 2.30. The van der Waals surface area contributed by atoms with E-state index < -0.39 is 18.7 Å². The standard InChI is InChI=1S/C8H6BrF3INO2/c9-2-4-1-6(16-8(10,11)12)5(3-15)7(13)14-4/h1,15H,2-3H2. The van der Waals surface area contributed by atoms with E-state index in [1.165, 1.54) is 0 Å². The molecule has 0 radical (unpaired) electrons. The fourth-order valence-corrected chi connectivity index (χ4v) is 2.03. The molecule has 0 aliphatic heterocycles. The van der Waals surface area contributed by atoms with Crippen LogP contribution >= 0.6 is 38.5 Å². The van der Waals surface area contributed by atoms with Gasteiger partial charge in [0.1, 0.15) is 9.45 Å². The number of rotatable bonds is 3. The van der Waals surface area contributed by atoms with Crippen molar-refractivity contribution in [2.24, 2.45) is 0 Å². The van der Waals surface area contributed by atoms with Crippen molar-refractivity contribution >= 4 is 38.5 Å². The predicted octanol–water partition coefficient (Wildman–Crippen LogP) is 2.97. The first-order valence-corrected chi connectivity index (χ1v) is 6.18. The Labute approximate surface area is 111 Å². The number of hydrogen-bond donors (Lipinski definition) is 1. The Balaban J connectivity index is 3.18. The first kappa shape index (κ1) is 14.0. The maximum atomic E-state index is 12.1. The molecule has 0 aliphatic rings. The summed E-state index contributed by atoms with van der Waals surface area (Å²) in [5, 5.41) is 9.26. The van der Waals surface area contributed by atoms with Gasteiger partial charge in [0.15, 0.2) is 0 Å². The fourth-order valence-electron chi connectivity index (χ4n) is 0.993. The Hall–Kier alpha value is -0.0900. The van der Waals surface area contributed by atoms with Crippen molar-refractivity contribution in [1.82, 2.24) is 4.98 Å². The minimum Gasteiger partial charge on any atom is -0.405 e. The highest BCUT2D eigenvalue weighted by Gasteiger charge is 2.32. The molecule has 0 bridgehead atoms. The Bertz CT molecular complexity index is 386. The molecule has 8 heteroatoms. The van der Waals surface area contributed by atoms with E-state index in [4.69, 9.17) is 5.11 Å². The third kappa shape index (κ3) is 3.74. The number of aliphatic hydroxyl groups excluding tert-OH is 1. The van der Waals surface area contributed by atoms with Gasteiger partial charge >= 0.3 is 6.36 Å². The van der Waals surface area contributed by atoms with Crippen LogP contribution in [0.15, 0.2) is 6.07 Å². The quantitative estimate of drug-likeness (QED) is 0.472. The van der Waals surface area contributed by atoms with Crippen molar-refractivity contribution in [2.45, 2.75) is 18.3 Å². The summed E-state index contributed by atoms with van der Waals surface area (Å²) in [4.78, 5) is 3.99. The summed E-state index contributed by atoms with van der Waals surface area (Å²) in [6.07, 6.45) is -4.78. The lowest BCUT2D eigenvalue weighted by atomic mass is 10.2. The molecular weight excluding hydrogens is 406 g/mol. The molecule has 0 fully saturated rings. The molecule has 0 atom stereocenters. The zero-order chi connectivity index (χ0) is 12.3. The van der Waals surface area contributed by atoms with Crippen molar-refractivity contribution in [3.8, 4) is 5.75 Å². The number of pyridine rings is 1. The average molecular weight is 412 g/mol. The summed E-state index contributed by atoms with van der Waals surface area (Å²) in [7, 11) is 0. The highest BCUT2D eigenvalue weighted by molar-refractivity contribution is 14.1. The van der Waals surface area contributed by atoms with Crippen LogP contribution in [0.4, 0.5) is 13.2 Å². The lowest BCUT2D eigenvalue weighted by Gasteiger charge is -2.14. The first-order chi connectivity index (χ1) is 7.37. The van der Waals surface area contributed by atoms with E-state index in [9.17, 15) is 13.2 Å². The van der Waals surface area contributed by atoms with Crippen LogP contribution in [-0.2, 0) is 11.9 Å². The minimum atomic E-state index is -4.78. The number of alkyl halides is 4. The number of aromatic nitrogens is 1. The Morgan fingerprint density at radius 3 is 2.56 bits per heavy atom. The topological polar surface area (TPSA) is 42.4 Å². The second-order valence-electron chi connectivity index (χ2n) is 2.72. The van der Waals surface area contributed by atoms with E-state index in [1.807, 2.05) is 0 Å². The lowest BCUT2D eigenvalue weighted by Crippen LogP contribution is -2.19. The molecule has 1 aromatic heterocycles. The molecule has 0 amide bonds. The van der Waals surface area contributed by atoms with Crippen LogP contribution in [0.3, 0.4) is 0 Å². The maximum Gasteiger partial charge on any atom is 0.573 e.